The van der Waals surface area contributed by atoms with Gasteiger partial charge in [-0.05, 0) is 76.7 Å². The first-order chi connectivity index (χ1) is 24.3. The Morgan fingerprint density at radius 1 is 0.327 bits per heavy atom. The van der Waals surface area contributed by atoms with Crippen molar-refractivity contribution in [3.8, 4) is 45.1 Å². The SMILES string of the molecule is c1ccc(-n2c3ccccc3c3ccc(-c4ccc5c(c4)Oc4cc6c(c7cccc-5c47)c4ccccc4n6-c4ccccc4)cc32)cc1. The number of nitrogens with zero attached hydrogens (tertiary/aromatic N) is 2. The predicted molar refractivity (Wildman–Crippen MR) is 204 cm³/mol. The maximum atomic E-state index is 6.92. The molecule has 0 N–H and O–H groups in total. The minimum Gasteiger partial charge on any atom is -0.456 e. The second-order valence-electron chi connectivity index (χ2n) is 12.9. The van der Waals surface area contributed by atoms with Crippen LogP contribution in [-0.2, 0) is 0 Å². The normalized spacial score (nSPS) is 12.2. The maximum Gasteiger partial charge on any atom is 0.138 e. The summed E-state index contributed by atoms with van der Waals surface area (Å²) >= 11 is 0. The lowest BCUT2D eigenvalue weighted by Crippen LogP contribution is -1.99. The zero-order valence-electron chi connectivity index (χ0n) is 26.5. The van der Waals surface area contributed by atoms with Crippen LogP contribution >= 0.6 is 0 Å². The number of aromatic nitrogens is 2. The van der Waals surface area contributed by atoms with E-state index in [0.717, 1.165) is 45.1 Å². The molecule has 3 heteroatoms. The van der Waals surface area contributed by atoms with Gasteiger partial charge < -0.3 is 13.9 Å². The van der Waals surface area contributed by atoms with Crippen molar-refractivity contribution in [2.24, 2.45) is 0 Å². The van der Waals surface area contributed by atoms with E-state index >= 15 is 0 Å². The average Bonchev–Trinajstić information content (AvgIpc) is 3.68. The highest BCUT2D eigenvalue weighted by atomic mass is 16.5. The lowest BCUT2D eigenvalue weighted by Gasteiger charge is -2.23. The molecule has 1 aliphatic heterocycles. The molecule has 0 fully saturated rings. The first-order valence-electron chi connectivity index (χ1n) is 16.8. The van der Waals surface area contributed by atoms with E-state index in [4.69, 9.17) is 4.74 Å². The van der Waals surface area contributed by atoms with Crippen LogP contribution in [0.5, 0.6) is 11.5 Å². The van der Waals surface area contributed by atoms with Crippen LogP contribution in [0.15, 0.2) is 170 Å². The molecule has 0 saturated heterocycles. The van der Waals surface area contributed by atoms with E-state index in [-0.39, 0.29) is 0 Å². The van der Waals surface area contributed by atoms with Gasteiger partial charge in [0.25, 0.3) is 0 Å². The Balaban J connectivity index is 1.12. The summed E-state index contributed by atoms with van der Waals surface area (Å²) in [4.78, 5) is 0. The van der Waals surface area contributed by atoms with Crippen molar-refractivity contribution in [1.29, 1.82) is 0 Å². The lowest BCUT2D eigenvalue weighted by molar-refractivity contribution is 0.488. The van der Waals surface area contributed by atoms with Crippen LogP contribution in [0.2, 0.25) is 0 Å². The largest absolute Gasteiger partial charge is 0.456 e. The van der Waals surface area contributed by atoms with E-state index in [9.17, 15) is 0 Å². The van der Waals surface area contributed by atoms with Crippen LogP contribution in [0.4, 0.5) is 0 Å². The van der Waals surface area contributed by atoms with Gasteiger partial charge in [0.05, 0.1) is 22.1 Å². The fraction of sp³-hybridized carbons (Fsp3) is 0. The van der Waals surface area contributed by atoms with E-state index in [1.165, 1.54) is 54.4 Å². The van der Waals surface area contributed by atoms with Gasteiger partial charge in [0.15, 0.2) is 0 Å². The van der Waals surface area contributed by atoms with E-state index < -0.39 is 0 Å². The smallest absolute Gasteiger partial charge is 0.138 e. The highest BCUT2D eigenvalue weighted by molar-refractivity contribution is 6.25. The molecule has 0 bridgehead atoms. The molecule has 0 aliphatic carbocycles. The van der Waals surface area contributed by atoms with Gasteiger partial charge in [-0.3, -0.25) is 0 Å². The molecule has 0 saturated carbocycles. The van der Waals surface area contributed by atoms with Crippen LogP contribution in [0, 0.1) is 0 Å². The van der Waals surface area contributed by atoms with Crippen LogP contribution in [-0.4, -0.2) is 9.13 Å². The van der Waals surface area contributed by atoms with Crippen LogP contribution in [0.1, 0.15) is 0 Å². The summed E-state index contributed by atoms with van der Waals surface area (Å²) in [6.07, 6.45) is 0. The molecule has 2 aromatic heterocycles. The highest BCUT2D eigenvalue weighted by Crippen LogP contribution is 2.51. The van der Waals surface area contributed by atoms with Gasteiger partial charge in [-0.1, -0.05) is 109 Å². The van der Waals surface area contributed by atoms with Gasteiger partial charge in [-0.15, -0.1) is 0 Å². The van der Waals surface area contributed by atoms with Crippen molar-refractivity contribution in [3.63, 3.8) is 0 Å². The van der Waals surface area contributed by atoms with Gasteiger partial charge >= 0.3 is 0 Å². The van der Waals surface area contributed by atoms with Crippen LogP contribution < -0.4 is 4.74 Å². The van der Waals surface area contributed by atoms with Crippen LogP contribution in [0.25, 0.3) is 88.0 Å². The highest BCUT2D eigenvalue weighted by Gasteiger charge is 2.25. The summed E-state index contributed by atoms with van der Waals surface area (Å²) in [5, 5.41) is 7.38. The minimum atomic E-state index is 0.878. The van der Waals surface area contributed by atoms with Gasteiger partial charge in [-0.2, -0.15) is 0 Å². The molecule has 3 nitrogen and oxygen atoms in total. The van der Waals surface area contributed by atoms with E-state index in [1.54, 1.807) is 0 Å². The van der Waals surface area contributed by atoms with Crippen molar-refractivity contribution < 1.29 is 4.74 Å². The third-order valence-electron chi connectivity index (χ3n) is 10.3. The summed E-state index contributed by atoms with van der Waals surface area (Å²) < 4.78 is 11.7. The topological polar surface area (TPSA) is 19.1 Å². The number of rotatable bonds is 3. The fourth-order valence-corrected chi connectivity index (χ4v) is 8.19. The van der Waals surface area contributed by atoms with Gasteiger partial charge in [0.2, 0.25) is 0 Å². The molecular weight excluding hydrogens is 597 g/mol. The quantitative estimate of drug-likeness (QED) is 0.191. The van der Waals surface area contributed by atoms with E-state index in [1.807, 2.05) is 0 Å². The molecule has 10 aromatic rings. The zero-order chi connectivity index (χ0) is 32.1. The third-order valence-corrected chi connectivity index (χ3v) is 10.3. The first-order valence-corrected chi connectivity index (χ1v) is 16.8. The minimum absolute atomic E-state index is 0.878. The Hall–Kier alpha value is -6.58. The summed E-state index contributed by atoms with van der Waals surface area (Å²) in [5.41, 5.74) is 11.6. The van der Waals surface area contributed by atoms with Crippen molar-refractivity contribution in [2.75, 3.05) is 0 Å². The Labute approximate surface area is 282 Å². The third kappa shape index (κ3) is 3.73. The Morgan fingerprint density at radius 2 is 0.918 bits per heavy atom. The Morgan fingerprint density at radius 3 is 1.69 bits per heavy atom. The van der Waals surface area contributed by atoms with E-state index in [2.05, 4.69) is 179 Å². The van der Waals surface area contributed by atoms with Crippen LogP contribution in [0.3, 0.4) is 0 Å². The zero-order valence-corrected chi connectivity index (χ0v) is 26.5. The average molecular weight is 625 g/mol. The molecular formula is C46H28N2O. The molecule has 11 rings (SSSR count). The molecule has 1 aliphatic rings. The molecule has 49 heavy (non-hydrogen) atoms. The monoisotopic (exact) mass is 624 g/mol. The van der Waals surface area contributed by atoms with Gasteiger partial charge in [0.1, 0.15) is 11.5 Å². The van der Waals surface area contributed by atoms with Crippen molar-refractivity contribution in [2.45, 2.75) is 0 Å². The molecule has 0 amide bonds. The molecule has 0 unspecified atom stereocenters. The second-order valence-corrected chi connectivity index (χ2v) is 12.9. The molecule has 0 atom stereocenters. The maximum absolute atomic E-state index is 6.92. The lowest BCUT2D eigenvalue weighted by atomic mass is 9.91. The Bertz CT molecular complexity index is 2950. The number of hydrogen-bond donors (Lipinski definition) is 0. The summed E-state index contributed by atoms with van der Waals surface area (Å²) in [7, 11) is 0. The predicted octanol–water partition coefficient (Wildman–Crippen LogP) is 12.5. The van der Waals surface area contributed by atoms with Crippen molar-refractivity contribution in [3.05, 3.63) is 170 Å². The molecule has 8 aromatic carbocycles. The van der Waals surface area contributed by atoms with Gasteiger partial charge in [0, 0.05) is 49.9 Å². The van der Waals surface area contributed by atoms with E-state index in [0.29, 0.717) is 0 Å². The summed E-state index contributed by atoms with van der Waals surface area (Å²) in [6, 6.07) is 61.1. The molecule has 0 spiro atoms. The number of fused-ring (bicyclic) bond motifs is 9. The first kappa shape index (κ1) is 26.5. The summed E-state index contributed by atoms with van der Waals surface area (Å²) in [6.45, 7) is 0. The Kier molecular flexibility index (Phi) is 5.38. The van der Waals surface area contributed by atoms with Crippen molar-refractivity contribution >= 4 is 54.4 Å². The molecule has 228 valence electrons. The fourth-order valence-electron chi connectivity index (χ4n) is 8.19. The van der Waals surface area contributed by atoms with Gasteiger partial charge in [-0.25, -0.2) is 0 Å². The number of hydrogen-bond acceptors (Lipinski definition) is 1. The standard InChI is InChI=1S/C46H28N2O/c1-3-12-31(13-4-1)47-39-20-9-7-16-33(39)34-24-22-29(26-41(34)47)30-23-25-35-36-18-11-19-38-45-37-17-8-10-21-40(37)48(32-14-5-2-6-15-32)42(45)28-44(46(36)38)49-43(35)27-30/h1-28H. The molecule has 3 heterocycles. The number of ether oxygens (including phenoxy) is 1. The summed E-state index contributed by atoms with van der Waals surface area (Å²) in [5.74, 6) is 1.77. The molecule has 0 radical (unpaired) electrons. The van der Waals surface area contributed by atoms with Crippen molar-refractivity contribution in [1.82, 2.24) is 9.13 Å². The number of para-hydroxylation sites is 4. The second kappa shape index (κ2) is 9.96. The number of benzene rings is 8.